The number of benzene rings is 3. The summed E-state index contributed by atoms with van der Waals surface area (Å²) in [5, 5.41) is 3.43. The maximum atomic E-state index is 6.61. The Morgan fingerprint density at radius 1 is 0.733 bits per heavy atom. The first-order chi connectivity index (χ1) is 21.8. The second-order valence-corrected chi connectivity index (χ2v) is 11.3. The molecule has 0 bridgehead atoms. The van der Waals surface area contributed by atoms with E-state index in [1.54, 1.807) is 0 Å². The van der Waals surface area contributed by atoms with Crippen molar-refractivity contribution in [1.29, 1.82) is 0 Å². The van der Waals surface area contributed by atoms with E-state index in [0.717, 1.165) is 22.3 Å². The highest BCUT2D eigenvalue weighted by molar-refractivity contribution is 5.19. The van der Waals surface area contributed by atoms with Gasteiger partial charge in [-0.1, -0.05) is 122 Å². The number of hydrogen-bond donors (Lipinski definition) is 1. The Morgan fingerprint density at radius 2 is 1.22 bits per heavy atom. The number of hydrogen-bond acceptors (Lipinski definition) is 6. The van der Waals surface area contributed by atoms with Gasteiger partial charge in [0.2, 0.25) is 0 Å². The average Bonchev–Trinajstić information content (AvgIpc) is 3.05. The normalized spacial score (nSPS) is 14.2. The fraction of sp³-hybridized carbons (Fsp3) is 0.385. The molecule has 0 fully saturated rings. The molecule has 0 amide bonds. The van der Waals surface area contributed by atoms with Gasteiger partial charge in [-0.3, -0.25) is 0 Å². The van der Waals surface area contributed by atoms with Crippen LogP contribution in [0.25, 0.3) is 0 Å². The molecule has 0 aliphatic carbocycles. The van der Waals surface area contributed by atoms with Gasteiger partial charge in [-0.25, -0.2) is 0 Å². The molecule has 4 atom stereocenters. The van der Waals surface area contributed by atoms with Gasteiger partial charge in [0.25, 0.3) is 0 Å². The van der Waals surface area contributed by atoms with E-state index in [1.807, 2.05) is 126 Å². The molecule has 4 unspecified atom stereocenters. The predicted molar refractivity (Wildman–Crippen MR) is 187 cm³/mol. The largest absolute Gasteiger partial charge is 0.375 e. The van der Waals surface area contributed by atoms with Crippen molar-refractivity contribution in [1.82, 2.24) is 10.2 Å². The number of allylic oxidation sites excluding steroid dienone is 3. The molecule has 6 heteroatoms. The van der Waals surface area contributed by atoms with Gasteiger partial charge in [0.05, 0.1) is 45.2 Å². The SMILES string of the molecule is C=C(/C=C\C=C/C)COC(C(COCc1ccccc1)NC)C(OCc1ccccc1)C(C)OCc1ccccc1.CN(C)C. The molecule has 0 saturated heterocycles. The summed E-state index contributed by atoms with van der Waals surface area (Å²) < 4.78 is 25.8. The van der Waals surface area contributed by atoms with Gasteiger partial charge in [0.15, 0.2) is 0 Å². The minimum Gasteiger partial charge on any atom is -0.375 e. The summed E-state index contributed by atoms with van der Waals surface area (Å²) in [7, 11) is 7.93. The number of likely N-dealkylation sites (N-methyl/N-ethyl adjacent to an activating group) is 1. The van der Waals surface area contributed by atoms with Crippen LogP contribution in [-0.4, -0.2) is 70.7 Å². The highest BCUT2D eigenvalue weighted by atomic mass is 16.6. The molecule has 45 heavy (non-hydrogen) atoms. The molecule has 0 heterocycles. The van der Waals surface area contributed by atoms with E-state index in [0.29, 0.717) is 33.0 Å². The van der Waals surface area contributed by atoms with E-state index >= 15 is 0 Å². The summed E-state index contributed by atoms with van der Waals surface area (Å²) in [5.41, 5.74) is 4.19. The Hall–Kier alpha value is -3.36. The van der Waals surface area contributed by atoms with Gasteiger partial charge in [-0.05, 0) is 64.3 Å². The molecule has 0 radical (unpaired) electrons. The molecule has 0 saturated carbocycles. The van der Waals surface area contributed by atoms with Crippen molar-refractivity contribution in [3.8, 4) is 0 Å². The van der Waals surface area contributed by atoms with E-state index in [9.17, 15) is 0 Å². The van der Waals surface area contributed by atoms with Crippen LogP contribution in [0.1, 0.15) is 30.5 Å². The van der Waals surface area contributed by atoms with Crippen molar-refractivity contribution < 1.29 is 18.9 Å². The molecule has 0 spiro atoms. The van der Waals surface area contributed by atoms with Gasteiger partial charge < -0.3 is 29.2 Å². The lowest BCUT2D eigenvalue weighted by molar-refractivity contribution is -0.153. The summed E-state index contributed by atoms with van der Waals surface area (Å²) in [6.07, 6.45) is 6.86. The summed E-state index contributed by atoms with van der Waals surface area (Å²) in [5.74, 6) is 0. The highest BCUT2D eigenvalue weighted by Gasteiger charge is 2.35. The summed E-state index contributed by atoms with van der Waals surface area (Å²) in [4.78, 5) is 2.00. The first kappa shape index (κ1) is 37.8. The fourth-order valence-corrected chi connectivity index (χ4v) is 4.38. The van der Waals surface area contributed by atoms with E-state index in [4.69, 9.17) is 18.9 Å². The second-order valence-electron chi connectivity index (χ2n) is 11.3. The van der Waals surface area contributed by atoms with Crippen molar-refractivity contribution >= 4 is 0 Å². The minimum atomic E-state index is -0.385. The maximum absolute atomic E-state index is 6.61. The Balaban J connectivity index is 0.00000166. The third-order valence-electron chi connectivity index (χ3n) is 6.70. The first-order valence-corrected chi connectivity index (χ1v) is 15.6. The van der Waals surface area contributed by atoms with Crippen molar-refractivity contribution in [2.75, 3.05) is 41.4 Å². The standard InChI is InChI=1S/C36H45NO4.C3H9N/c1-5-6-10-17-29(2)24-40-36(34(37-4)28-38-25-31-18-11-7-12-19-31)35(41-27-33-22-15-9-16-23-33)30(3)39-26-32-20-13-8-14-21-32;1-4(2)3/h5-23,30,34-37H,2,24-28H2,1,3-4H3;1-3H3/b6-5-,17-10-;. The number of rotatable bonds is 19. The van der Waals surface area contributed by atoms with Crippen LogP contribution in [0.5, 0.6) is 0 Å². The van der Waals surface area contributed by atoms with E-state index in [1.165, 1.54) is 0 Å². The Bertz CT molecular complexity index is 1210. The molecule has 0 aromatic heterocycles. The zero-order chi connectivity index (χ0) is 32.7. The van der Waals surface area contributed by atoms with Crippen LogP contribution in [0.3, 0.4) is 0 Å². The minimum absolute atomic E-state index is 0.158. The first-order valence-electron chi connectivity index (χ1n) is 15.6. The van der Waals surface area contributed by atoms with Crippen molar-refractivity contribution in [2.45, 2.75) is 58.0 Å². The Labute approximate surface area is 272 Å². The smallest absolute Gasteiger partial charge is 0.112 e. The maximum Gasteiger partial charge on any atom is 0.112 e. The van der Waals surface area contributed by atoms with Crippen LogP contribution in [0.15, 0.2) is 127 Å². The lowest BCUT2D eigenvalue weighted by Crippen LogP contribution is -2.54. The molecule has 1 N–H and O–H groups in total. The quantitative estimate of drug-likeness (QED) is 0.144. The monoisotopic (exact) mass is 614 g/mol. The van der Waals surface area contributed by atoms with Gasteiger partial charge in [0, 0.05) is 0 Å². The highest BCUT2D eigenvalue weighted by Crippen LogP contribution is 2.21. The van der Waals surface area contributed by atoms with Crippen LogP contribution in [-0.2, 0) is 38.8 Å². The third-order valence-corrected chi connectivity index (χ3v) is 6.70. The van der Waals surface area contributed by atoms with Gasteiger partial charge in [-0.2, -0.15) is 0 Å². The molecule has 0 aliphatic rings. The van der Waals surface area contributed by atoms with E-state index < -0.39 is 0 Å². The van der Waals surface area contributed by atoms with Gasteiger partial charge in [-0.15, -0.1) is 0 Å². The van der Waals surface area contributed by atoms with Crippen molar-refractivity contribution in [3.63, 3.8) is 0 Å². The number of nitrogens with zero attached hydrogens (tertiary/aromatic N) is 1. The van der Waals surface area contributed by atoms with Gasteiger partial charge >= 0.3 is 0 Å². The van der Waals surface area contributed by atoms with Crippen LogP contribution < -0.4 is 5.32 Å². The fourth-order valence-electron chi connectivity index (χ4n) is 4.38. The molecule has 244 valence electrons. The van der Waals surface area contributed by atoms with Crippen molar-refractivity contribution in [3.05, 3.63) is 144 Å². The molecular weight excluding hydrogens is 560 g/mol. The molecular formula is C39H54N2O4. The molecule has 3 aromatic rings. The van der Waals surface area contributed by atoms with Crippen LogP contribution in [0, 0.1) is 0 Å². The van der Waals surface area contributed by atoms with Crippen LogP contribution >= 0.6 is 0 Å². The van der Waals surface area contributed by atoms with E-state index in [-0.39, 0.29) is 24.4 Å². The van der Waals surface area contributed by atoms with Crippen LogP contribution in [0.2, 0.25) is 0 Å². The lowest BCUT2D eigenvalue weighted by Gasteiger charge is -2.36. The number of nitrogens with one attached hydrogen (secondary N) is 1. The van der Waals surface area contributed by atoms with Gasteiger partial charge in [0.1, 0.15) is 12.2 Å². The summed E-state index contributed by atoms with van der Waals surface area (Å²) in [6.45, 7) is 10.4. The second kappa shape index (κ2) is 23.0. The zero-order valence-electron chi connectivity index (χ0n) is 28.1. The third kappa shape index (κ3) is 16.5. The average molecular weight is 615 g/mol. The molecule has 0 aliphatic heterocycles. The summed E-state index contributed by atoms with van der Waals surface area (Å²) in [6, 6.07) is 30.4. The Kier molecular flexibility index (Phi) is 19.4. The molecule has 3 rings (SSSR count). The number of ether oxygens (including phenoxy) is 4. The summed E-state index contributed by atoms with van der Waals surface area (Å²) >= 11 is 0. The van der Waals surface area contributed by atoms with E-state index in [2.05, 4.69) is 48.3 Å². The lowest BCUT2D eigenvalue weighted by atomic mass is 10.0. The zero-order valence-corrected chi connectivity index (χ0v) is 28.1. The predicted octanol–water partition coefficient (Wildman–Crippen LogP) is 7.23. The topological polar surface area (TPSA) is 52.2 Å². The molecule has 6 nitrogen and oxygen atoms in total. The molecule has 3 aromatic carbocycles. The van der Waals surface area contributed by atoms with Crippen molar-refractivity contribution in [2.24, 2.45) is 0 Å². The van der Waals surface area contributed by atoms with Crippen LogP contribution in [0.4, 0.5) is 0 Å². The Morgan fingerprint density at radius 3 is 1.71 bits per heavy atom.